The Balaban J connectivity index is 4.43. The molecule has 1 amide bonds. The molecule has 1 N–H and O–H groups in total. The van der Waals surface area contributed by atoms with Crippen LogP contribution in [0.1, 0.15) is 40.5 Å². The van der Waals surface area contributed by atoms with E-state index in [-0.39, 0.29) is 5.91 Å². The number of amides is 1. The average Bonchev–Trinajstić information content (AvgIpc) is 2.23. The van der Waals surface area contributed by atoms with E-state index in [9.17, 15) is 4.79 Å². The molecule has 0 bridgehead atoms. The van der Waals surface area contributed by atoms with Crippen LogP contribution < -0.4 is 5.32 Å². The summed E-state index contributed by atoms with van der Waals surface area (Å²) in [7, 11) is 1.68. The first-order valence-corrected chi connectivity index (χ1v) is 6.39. The average molecular weight is 288 g/mol. The molecule has 1 atom stereocenters. The Morgan fingerprint density at radius 3 is 2.38 bits per heavy atom. The first kappa shape index (κ1) is 15.4. The van der Waals surface area contributed by atoms with Gasteiger partial charge in [0, 0.05) is 13.5 Å². The van der Waals surface area contributed by atoms with Crippen molar-refractivity contribution in [3.63, 3.8) is 0 Å². The fourth-order valence-electron chi connectivity index (χ4n) is 1.49. The minimum atomic E-state index is 0.115. The molecule has 0 aliphatic heterocycles. The molecule has 0 saturated carbocycles. The van der Waals surface area contributed by atoms with Crippen molar-refractivity contribution >= 4 is 21.8 Å². The maximum atomic E-state index is 11.1. The maximum Gasteiger partial charge on any atom is 0.219 e. The zero-order valence-electron chi connectivity index (χ0n) is 10.9. The van der Waals surface area contributed by atoms with Crippen molar-refractivity contribution in [1.82, 2.24) is 5.32 Å². The molecule has 16 heavy (non-hydrogen) atoms. The molecule has 0 aliphatic rings. The number of carbonyl (C=O) groups is 1. The smallest absolute Gasteiger partial charge is 0.219 e. The van der Waals surface area contributed by atoms with Gasteiger partial charge in [0.1, 0.15) is 0 Å². The lowest BCUT2D eigenvalue weighted by atomic mass is 9.93. The van der Waals surface area contributed by atoms with Crippen LogP contribution >= 0.6 is 15.9 Å². The van der Waals surface area contributed by atoms with Gasteiger partial charge in [-0.3, -0.25) is 4.79 Å². The van der Waals surface area contributed by atoms with Crippen molar-refractivity contribution in [2.24, 2.45) is 5.92 Å². The van der Waals surface area contributed by atoms with E-state index in [4.69, 9.17) is 0 Å². The second-order valence-corrected chi connectivity index (χ2v) is 5.46. The molecule has 0 spiro atoms. The zero-order valence-corrected chi connectivity index (χ0v) is 12.4. The number of carbonyl (C=O) groups excluding carboxylic acids is 1. The molecular weight excluding hydrogens is 266 g/mol. The highest BCUT2D eigenvalue weighted by Crippen LogP contribution is 2.21. The Bertz CT molecular complexity index is 301. The third-order valence-electron chi connectivity index (χ3n) is 2.86. The topological polar surface area (TPSA) is 29.1 Å². The van der Waals surface area contributed by atoms with Crippen LogP contribution in [-0.2, 0) is 4.79 Å². The summed E-state index contributed by atoms with van der Waals surface area (Å²) in [6.45, 7) is 8.43. The van der Waals surface area contributed by atoms with Gasteiger partial charge in [0.2, 0.25) is 5.91 Å². The molecule has 0 heterocycles. The van der Waals surface area contributed by atoms with Crippen LogP contribution in [0.3, 0.4) is 0 Å². The van der Waals surface area contributed by atoms with Crippen molar-refractivity contribution in [2.75, 3.05) is 7.05 Å². The van der Waals surface area contributed by atoms with Crippen LogP contribution in [0.2, 0.25) is 0 Å². The normalized spacial score (nSPS) is 15.5. The van der Waals surface area contributed by atoms with E-state index in [0.29, 0.717) is 12.3 Å². The number of hydrogen-bond donors (Lipinski definition) is 1. The molecule has 1 unspecified atom stereocenters. The Morgan fingerprint density at radius 2 is 1.94 bits per heavy atom. The van der Waals surface area contributed by atoms with Crippen molar-refractivity contribution in [2.45, 2.75) is 40.5 Å². The molecule has 0 saturated heterocycles. The summed E-state index contributed by atoms with van der Waals surface area (Å²) in [4.78, 5) is 11.1. The minimum absolute atomic E-state index is 0.115. The molecule has 92 valence electrons. The number of hydrogen-bond acceptors (Lipinski definition) is 1. The van der Waals surface area contributed by atoms with Gasteiger partial charge in [0.15, 0.2) is 0 Å². The lowest BCUT2D eigenvalue weighted by Crippen LogP contribution is -2.18. The maximum absolute atomic E-state index is 11.1. The molecule has 0 aromatic rings. The van der Waals surface area contributed by atoms with E-state index >= 15 is 0 Å². The molecule has 2 nitrogen and oxygen atoms in total. The predicted molar refractivity (Wildman–Crippen MR) is 73.5 cm³/mol. The summed E-state index contributed by atoms with van der Waals surface area (Å²) >= 11 is 3.43. The SMILES string of the molecule is CNC(=O)CCC(C)C(C)=C(C)C=C(C)Br. The van der Waals surface area contributed by atoms with Crippen LogP contribution in [0.25, 0.3) is 0 Å². The van der Waals surface area contributed by atoms with Crippen LogP contribution in [0.15, 0.2) is 21.7 Å². The number of rotatable bonds is 5. The third kappa shape index (κ3) is 6.11. The van der Waals surface area contributed by atoms with Crippen LogP contribution in [0, 0.1) is 5.92 Å². The Kier molecular flexibility index (Phi) is 7.39. The Labute approximate surface area is 107 Å². The summed E-state index contributed by atoms with van der Waals surface area (Å²) in [5, 5.41) is 2.65. The molecular formula is C13H22BrNO. The summed E-state index contributed by atoms with van der Waals surface area (Å²) < 4.78 is 1.13. The minimum Gasteiger partial charge on any atom is -0.359 e. The predicted octanol–water partition coefficient (Wildman–Crippen LogP) is 3.78. The first-order chi connectivity index (χ1) is 7.38. The summed E-state index contributed by atoms with van der Waals surface area (Å²) in [5.41, 5.74) is 2.63. The zero-order chi connectivity index (χ0) is 12.7. The molecule has 0 aliphatic carbocycles. The Hall–Kier alpha value is -0.570. The fourth-order valence-corrected chi connectivity index (χ4v) is 1.83. The second kappa shape index (κ2) is 7.66. The molecule has 0 radical (unpaired) electrons. The standard InChI is InChI=1S/C13H22BrNO/c1-9(6-7-13(16)15-5)12(4)10(2)8-11(3)14/h8-9H,6-7H2,1-5H3,(H,15,16). The van der Waals surface area contributed by atoms with E-state index in [1.807, 2.05) is 6.92 Å². The largest absolute Gasteiger partial charge is 0.359 e. The van der Waals surface area contributed by atoms with E-state index < -0.39 is 0 Å². The van der Waals surface area contributed by atoms with Crippen LogP contribution in [0.5, 0.6) is 0 Å². The summed E-state index contributed by atoms with van der Waals surface area (Å²) in [6, 6.07) is 0. The Morgan fingerprint density at radius 1 is 1.38 bits per heavy atom. The molecule has 0 fully saturated rings. The molecule has 0 rings (SSSR count). The van der Waals surface area contributed by atoms with Gasteiger partial charge in [0.25, 0.3) is 0 Å². The molecule has 0 aromatic heterocycles. The van der Waals surface area contributed by atoms with E-state index in [0.717, 1.165) is 10.9 Å². The van der Waals surface area contributed by atoms with Gasteiger partial charge in [-0.1, -0.05) is 34.0 Å². The fraction of sp³-hybridized carbons (Fsp3) is 0.615. The van der Waals surface area contributed by atoms with E-state index in [2.05, 4.69) is 48.1 Å². The van der Waals surface area contributed by atoms with Crippen molar-refractivity contribution in [1.29, 1.82) is 0 Å². The van der Waals surface area contributed by atoms with E-state index in [1.165, 1.54) is 11.1 Å². The van der Waals surface area contributed by atoms with E-state index in [1.54, 1.807) is 7.05 Å². The highest BCUT2D eigenvalue weighted by molar-refractivity contribution is 9.11. The highest BCUT2D eigenvalue weighted by Gasteiger charge is 2.08. The van der Waals surface area contributed by atoms with Gasteiger partial charge < -0.3 is 5.32 Å². The quantitative estimate of drug-likeness (QED) is 0.766. The molecule has 0 aromatic carbocycles. The van der Waals surface area contributed by atoms with Gasteiger partial charge >= 0.3 is 0 Å². The van der Waals surface area contributed by atoms with Gasteiger partial charge in [-0.05, 0) is 43.7 Å². The van der Waals surface area contributed by atoms with Gasteiger partial charge in [0.05, 0.1) is 0 Å². The van der Waals surface area contributed by atoms with Crippen LogP contribution in [-0.4, -0.2) is 13.0 Å². The van der Waals surface area contributed by atoms with Gasteiger partial charge in [-0.15, -0.1) is 0 Å². The number of allylic oxidation sites excluding steroid dienone is 4. The molecule has 3 heteroatoms. The second-order valence-electron chi connectivity index (χ2n) is 4.21. The first-order valence-electron chi connectivity index (χ1n) is 5.60. The van der Waals surface area contributed by atoms with Crippen molar-refractivity contribution in [3.8, 4) is 0 Å². The summed E-state index contributed by atoms with van der Waals surface area (Å²) in [6.07, 6.45) is 3.61. The lowest BCUT2D eigenvalue weighted by Gasteiger charge is -2.14. The summed E-state index contributed by atoms with van der Waals surface area (Å²) in [5.74, 6) is 0.560. The third-order valence-corrected chi connectivity index (χ3v) is 3.09. The lowest BCUT2D eigenvalue weighted by molar-refractivity contribution is -0.120. The van der Waals surface area contributed by atoms with Crippen molar-refractivity contribution < 1.29 is 4.79 Å². The number of halogens is 1. The number of nitrogens with one attached hydrogen (secondary N) is 1. The highest BCUT2D eigenvalue weighted by atomic mass is 79.9. The monoisotopic (exact) mass is 287 g/mol. The van der Waals surface area contributed by atoms with Crippen LogP contribution in [0.4, 0.5) is 0 Å². The van der Waals surface area contributed by atoms with Gasteiger partial charge in [-0.25, -0.2) is 0 Å². The van der Waals surface area contributed by atoms with Crippen molar-refractivity contribution in [3.05, 3.63) is 21.7 Å². The van der Waals surface area contributed by atoms with Gasteiger partial charge in [-0.2, -0.15) is 0 Å².